The molecule has 1 rings (SSSR count). The van der Waals surface area contributed by atoms with E-state index in [1.165, 1.54) is 0 Å². The summed E-state index contributed by atoms with van der Waals surface area (Å²) in [6.07, 6.45) is 2.38. The topological polar surface area (TPSA) is 58.6 Å². The number of aliphatic hydroxyl groups excluding tert-OH is 1. The molecule has 4 heteroatoms. The van der Waals surface area contributed by atoms with Crippen LogP contribution in [-0.4, -0.2) is 37.4 Å². The fraction of sp³-hybridized carbons (Fsp3) is 0.923. The predicted octanol–water partition coefficient (Wildman–Crippen LogP) is 1.33. The summed E-state index contributed by atoms with van der Waals surface area (Å²) in [6, 6.07) is 0. The Hall–Kier alpha value is -0.610. The third-order valence-corrected chi connectivity index (χ3v) is 3.09. The lowest BCUT2D eigenvalue weighted by Gasteiger charge is -2.35. The Morgan fingerprint density at radius 2 is 2.18 bits per heavy atom. The summed E-state index contributed by atoms with van der Waals surface area (Å²) in [6.45, 7) is 8.01. The van der Waals surface area contributed by atoms with Crippen molar-refractivity contribution in [3.63, 3.8) is 0 Å². The van der Waals surface area contributed by atoms with Crippen molar-refractivity contribution in [1.29, 1.82) is 0 Å². The third kappa shape index (κ3) is 5.04. The average molecular weight is 243 g/mol. The Morgan fingerprint density at radius 3 is 2.65 bits per heavy atom. The molecule has 0 aromatic heterocycles. The summed E-state index contributed by atoms with van der Waals surface area (Å²) in [5, 5.41) is 12.4. The zero-order valence-electron chi connectivity index (χ0n) is 11.2. The summed E-state index contributed by atoms with van der Waals surface area (Å²) < 4.78 is 5.40. The Balaban J connectivity index is 2.39. The third-order valence-electron chi connectivity index (χ3n) is 3.09. The van der Waals surface area contributed by atoms with Crippen molar-refractivity contribution < 1.29 is 14.6 Å². The number of nitrogens with one attached hydrogen (secondary N) is 1. The molecular weight excluding hydrogens is 218 g/mol. The van der Waals surface area contributed by atoms with Crippen molar-refractivity contribution in [3.05, 3.63) is 0 Å². The van der Waals surface area contributed by atoms with E-state index in [1.54, 1.807) is 0 Å². The van der Waals surface area contributed by atoms with Gasteiger partial charge in [0.25, 0.3) is 0 Å². The van der Waals surface area contributed by atoms with E-state index in [9.17, 15) is 9.90 Å². The first-order chi connectivity index (χ1) is 7.87. The number of rotatable bonds is 4. The lowest BCUT2D eigenvalue weighted by molar-refractivity contribution is -0.124. The molecule has 1 heterocycles. The molecule has 0 saturated carbocycles. The Kier molecular flexibility index (Phi) is 4.95. The number of amides is 1. The van der Waals surface area contributed by atoms with Crippen LogP contribution in [0.1, 0.15) is 40.0 Å². The Labute approximate surface area is 104 Å². The molecule has 0 aromatic carbocycles. The van der Waals surface area contributed by atoms with Gasteiger partial charge in [-0.1, -0.05) is 20.8 Å². The number of ether oxygens (including phenoxy) is 1. The minimum Gasteiger partial charge on any atom is -0.396 e. The lowest BCUT2D eigenvalue weighted by atomic mass is 9.83. The summed E-state index contributed by atoms with van der Waals surface area (Å²) >= 11 is 0. The van der Waals surface area contributed by atoms with Gasteiger partial charge < -0.3 is 15.2 Å². The minimum absolute atomic E-state index is 0.000470. The maximum absolute atomic E-state index is 11.7. The van der Waals surface area contributed by atoms with Gasteiger partial charge in [-0.3, -0.25) is 4.79 Å². The molecule has 1 fully saturated rings. The number of hydrogen-bond donors (Lipinski definition) is 2. The van der Waals surface area contributed by atoms with Gasteiger partial charge in [-0.05, 0) is 18.3 Å². The van der Waals surface area contributed by atoms with E-state index < -0.39 is 0 Å². The van der Waals surface area contributed by atoms with E-state index in [4.69, 9.17) is 4.74 Å². The van der Waals surface area contributed by atoms with E-state index in [0.717, 1.165) is 19.4 Å². The van der Waals surface area contributed by atoms with Crippen LogP contribution < -0.4 is 5.32 Å². The molecule has 1 aliphatic heterocycles. The molecule has 2 N–H and O–H groups in total. The molecule has 1 atom stereocenters. The van der Waals surface area contributed by atoms with Crippen LogP contribution in [-0.2, 0) is 9.53 Å². The quantitative estimate of drug-likeness (QED) is 0.783. The highest BCUT2D eigenvalue weighted by Gasteiger charge is 2.33. The van der Waals surface area contributed by atoms with Crippen molar-refractivity contribution in [2.45, 2.75) is 40.0 Å². The fourth-order valence-electron chi connectivity index (χ4n) is 2.06. The molecule has 1 aliphatic rings. The maximum atomic E-state index is 11.7. The van der Waals surface area contributed by atoms with Crippen molar-refractivity contribution in [2.75, 3.05) is 26.4 Å². The standard InChI is InChI=1S/C13H25NO3/c1-12(2,3)7-11(16)14-8-13(9-15)5-4-6-17-10-13/h15H,4-10H2,1-3H3,(H,14,16). The molecule has 17 heavy (non-hydrogen) atoms. The molecule has 0 aromatic rings. The first-order valence-corrected chi connectivity index (χ1v) is 6.32. The van der Waals surface area contributed by atoms with Crippen LogP contribution in [0.15, 0.2) is 0 Å². The zero-order valence-corrected chi connectivity index (χ0v) is 11.2. The van der Waals surface area contributed by atoms with Crippen LogP contribution in [0.25, 0.3) is 0 Å². The SMILES string of the molecule is CC(C)(C)CC(=O)NCC1(CO)CCCOC1. The van der Waals surface area contributed by atoms with Gasteiger partial charge in [0, 0.05) is 25.0 Å². The maximum Gasteiger partial charge on any atom is 0.220 e. The van der Waals surface area contributed by atoms with Gasteiger partial charge in [0.05, 0.1) is 13.2 Å². The van der Waals surface area contributed by atoms with Crippen LogP contribution >= 0.6 is 0 Å². The van der Waals surface area contributed by atoms with Crippen LogP contribution in [0.2, 0.25) is 0 Å². The molecule has 0 radical (unpaired) electrons. The second-order valence-corrected chi connectivity index (χ2v) is 6.33. The molecule has 0 bridgehead atoms. The van der Waals surface area contributed by atoms with Crippen LogP contribution in [0.3, 0.4) is 0 Å². The van der Waals surface area contributed by atoms with Crippen molar-refractivity contribution in [3.8, 4) is 0 Å². The van der Waals surface area contributed by atoms with Gasteiger partial charge in [0.2, 0.25) is 5.91 Å². The normalized spacial score (nSPS) is 25.6. The number of carbonyl (C=O) groups excluding carboxylic acids is 1. The number of aliphatic hydroxyl groups is 1. The molecule has 100 valence electrons. The summed E-state index contributed by atoms with van der Waals surface area (Å²) in [4.78, 5) is 11.7. The summed E-state index contributed by atoms with van der Waals surface area (Å²) in [5.74, 6) is 0.0518. The Morgan fingerprint density at radius 1 is 1.47 bits per heavy atom. The van der Waals surface area contributed by atoms with Gasteiger partial charge in [-0.15, -0.1) is 0 Å². The second kappa shape index (κ2) is 5.83. The van der Waals surface area contributed by atoms with Crippen molar-refractivity contribution in [1.82, 2.24) is 5.32 Å². The van der Waals surface area contributed by atoms with Crippen LogP contribution in [0.5, 0.6) is 0 Å². The van der Waals surface area contributed by atoms with Crippen molar-refractivity contribution >= 4 is 5.91 Å². The van der Waals surface area contributed by atoms with Gasteiger partial charge in [0.15, 0.2) is 0 Å². The molecular formula is C13H25NO3. The van der Waals surface area contributed by atoms with Crippen LogP contribution in [0, 0.1) is 10.8 Å². The van der Waals surface area contributed by atoms with E-state index in [1.807, 2.05) is 20.8 Å². The van der Waals surface area contributed by atoms with Gasteiger partial charge in [-0.2, -0.15) is 0 Å². The minimum atomic E-state index is -0.272. The lowest BCUT2D eigenvalue weighted by Crippen LogP contribution is -2.45. The summed E-state index contributed by atoms with van der Waals surface area (Å²) in [5.41, 5.74) is -0.272. The molecule has 0 aliphatic carbocycles. The predicted molar refractivity (Wildman–Crippen MR) is 66.7 cm³/mol. The Bertz CT molecular complexity index is 252. The molecule has 0 spiro atoms. The molecule has 1 saturated heterocycles. The van der Waals surface area contributed by atoms with E-state index in [2.05, 4.69) is 5.32 Å². The first kappa shape index (κ1) is 14.5. The van der Waals surface area contributed by atoms with E-state index >= 15 is 0 Å². The van der Waals surface area contributed by atoms with Gasteiger partial charge in [0.1, 0.15) is 0 Å². The smallest absolute Gasteiger partial charge is 0.220 e. The zero-order chi connectivity index (χ0) is 12.9. The number of carbonyl (C=O) groups is 1. The molecule has 4 nitrogen and oxygen atoms in total. The largest absolute Gasteiger partial charge is 0.396 e. The fourth-order valence-corrected chi connectivity index (χ4v) is 2.06. The number of hydrogen-bond acceptors (Lipinski definition) is 3. The first-order valence-electron chi connectivity index (χ1n) is 6.32. The van der Waals surface area contributed by atoms with Crippen LogP contribution in [0.4, 0.5) is 0 Å². The summed E-state index contributed by atoms with van der Waals surface area (Å²) in [7, 11) is 0. The highest BCUT2D eigenvalue weighted by Crippen LogP contribution is 2.27. The van der Waals surface area contributed by atoms with Gasteiger partial charge >= 0.3 is 0 Å². The van der Waals surface area contributed by atoms with E-state index in [0.29, 0.717) is 19.6 Å². The monoisotopic (exact) mass is 243 g/mol. The van der Waals surface area contributed by atoms with Crippen molar-refractivity contribution in [2.24, 2.45) is 10.8 Å². The molecule has 1 unspecified atom stereocenters. The average Bonchev–Trinajstić information content (AvgIpc) is 2.25. The molecule has 1 amide bonds. The second-order valence-electron chi connectivity index (χ2n) is 6.33. The van der Waals surface area contributed by atoms with E-state index in [-0.39, 0.29) is 23.3 Å². The highest BCUT2D eigenvalue weighted by atomic mass is 16.5. The highest BCUT2D eigenvalue weighted by molar-refractivity contribution is 5.76. The van der Waals surface area contributed by atoms with Gasteiger partial charge in [-0.25, -0.2) is 0 Å².